The summed E-state index contributed by atoms with van der Waals surface area (Å²) >= 11 is 0. The van der Waals surface area contributed by atoms with Gasteiger partial charge in [-0.25, -0.2) is 0 Å². The number of rotatable bonds is 7. The van der Waals surface area contributed by atoms with E-state index in [1.165, 1.54) is 5.56 Å². The second kappa shape index (κ2) is 7.75. The highest BCUT2D eigenvalue weighted by atomic mass is 16.5. The molecule has 0 radical (unpaired) electrons. The number of nitrogens with zero attached hydrogens (tertiary/aromatic N) is 3. The summed E-state index contributed by atoms with van der Waals surface area (Å²) in [7, 11) is 2.02. The molecule has 0 aliphatic carbocycles. The minimum absolute atomic E-state index is 0.0780. The summed E-state index contributed by atoms with van der Waals surface area (Å²) in [5.74, 6) is 0.625. The molecule has 0 saturated heterocycles. The maximum absolute atomic E-state index is 12.2. The first-order valence-electron chi connectivity index (χ1n) is 7.61. The molecule has 1 aromatic carbocycles. The van der Waals surface area contributed by atoms with Crippen LogP contribution < -0.4 is 0 Å². The molecule has 0 aliphatic heterocycles. The molecule has 118 valence electrons. The lowest BCUT2D eigenvalue weighted by atomic mass is 10.2. The molecule has 0 atom stereocenters. The van der Waals surface area contributed by atoms with Crippen LogP contribution in [0.1, 0.15) is 35.7 Å². The van der Waals surface area contributed by atoms with Crippen molar-refractivity contribution in [1.82, 2.24) is 15.0 Å². The van der Waals surface area contributed by atoms with E-state index in [1.807, 2.05) is 39.1 Å². The number of amides is 1. The van der Waals surface area contributed by atoms with Crippen LogP contribution in [0.5, 0.6) is 0 Å². The van der Waals surface area contributed by atoms with Crippen molar-refractivity contribution in [3.05, 3.63) is 53.4 Å². The Balaban J connectivity index is 1.95. The van der Waals surface area contributed by atoms with Gasteiger partial charge in [-0.3, -0.25) is 9.69 Å². The molecule has 1 amide bonds. The number of hydrogen-bond acceptors (Lipinski definition) is 4. The molecule has 0 N–H and O–H groups in total. The first-order chi connectivity index (χ1) is 10.6. The Kier molecular flexibility index (Phi) is 5.72. The monoisotopic (exact) mass is 301 g/mol. The molecule has 0 fully saturated rings. The van der Waals surface area contributed by atoms with E-state index in [0.717, 1.165) is 6.54 Å². The molecule has 1 aromatic heterocycles. The number of benzene rings is 1. The first kappa shape index (κ1) is 16.2. The second-order valence-electron chi connectivity index (χ2n) is 5.31. The Morgan fingerprint density at radius 1 is 1.14 bits per heavy atom. The first-order valence-corrected chi connectivity index (χ1v) is 7.61. The van der Waals surface area contributed by atoms with Crippen molar-refractivity contribution in [3.8, 4) is 0 Å². The third-order valence-electron chi connectivity index (χ3n) is 3.55. The predicted octanol–water partition coefficient (Wildman–Crippen LogP) is 2.79. The van der Waals surface area contributed by atoms with Crippen molar-refractivity contribution in [2.45, 2.75) is 26.9 Å². The highest BCUT2D eigenvalue weighted by molar-refractivity contribution is 5.92. The van der Waals surface area contributed by atoms with Gasteiger partial charge in [0.25, 0.3) is 5.91 Å². The highest BCUT2D eigenvalue weighted by Gasteiger charge is 2.18. The molecule has 5 nitrogen and oxygen atoms in total. The van der Waals surface area contributed by atoms with Crippen molar-refractivity contribution >= 4 is 5.91 Å². The summed E-state index contributed by atoms with van der Waals surface area (Å²) < 4.78 is 5.29. The number of carbonyl (C=O) groups is 1. The summed E-state index contributed by atoms with van der Waals surface area (Å²) in [6, 6.07) is 12.0. The largest absolute Gasteiger partial charge is 0.359 e. The van der Waals surface area contributed by atoms with Crippen LogP contribution in [-0.4, -0.2) is 41.0 Å². The molecular weight excluding hydrogens is 278 g/mol. The van der Waals surface area contributed by atoms with Gasteiger partial charge in [0, 0.05) is 25.7 Å². The molecule has 0 aliphatic rings. The predicted molar refractivity (Wildman–Crippen MR) is 85.4 cm³/mol. The SMILES string of the molecule is CCN(CC)C(=O)c1cc(CN(C)Cc2ccccc2)on1. The summed E-state index contributed by atoms with van der Waals surface area (Å²) in [5.41, 5.74) is 1.62. The number of hydrogen-bond donors (Lipinski definition) is 0. The Hall–Kier alpha value is -2.14. The van der Waals surface area contributed by atoms with Crippen molar-refractivity contribution in [2.75, 3.05) is 20.1 Å². The highest BCUT2D eigenvalue weighted by Crippen LogP contribution is 2.11. The molecule has 0 bridgehead atoms. The molecule has 5 heteroatoms. The zero-order valence-corrected chi connectivity index (χ0v) is 13.5. The van der Waals surface area contributed by atoms with Crippen LogP contribution in [0.2, 0.25) is 0 Å². The van der Waals surface area contributed by atoms with Gasteiger partial charge in [0.15, 0.2) is 11.5 Å². The van der Waals surface area contributed by atoms with Crippen LogP contribution in [0.4, 0.5) is 0 Å². The average molecular weight is 301 g/mol. The van der Waals surface area contributed by atoms with Gasteiger partial charge < -0.3 is 9.42 Å². The Morgan fingerprint density at radius 3 is 2.45 bits per heavy atom. The molecule has 2 rings (SSSR count). The topological polar surface area (TPSA) is 49.6 Å². The Bertz CT molecular complexity index is 591. The van der Waals surface area contributed by atoms with Gasteiger partial charge in [-0.1, -0.05) is 35.5 Å². The fourth-order valence-corrected chi connectivity index (χ4v) is 2.38. The zero-order valence-electron chi connectivity index (χ0n) is 13.5. The van der Waals surface area contributed by atoms with Gasteiger partial charge in [-0.15, -0.1) is 0 Å². The summed E-state index contributed by atoms with van der Waals surface area (Å²) in [6.07, 6.45) is 0. The lowest BCUT2D eigenvalue weighted by Crippen LogP contribution is -2.30. The number of carbonyl (C=O) groups excluding carboxylic acids is 1. The second-order valence-corrected chi connectivity index (χ2v) is 5.31. The summed E-state index contributed by atoms with van der Waals surface area (Å²) in [5, 5.41) is 3.90. The van der Waals surface area contributed by atoms with Crippen molar-refractivity contribution < 1.29 is 9.32 Å². The standard InChI is InChI=1S/C17H23N3O2/c1-4-20(5-2)17(21)16-11-15(22-18-16)13-19(3)12-14-9-7-6-8-10-14/h6-11H,4-5,12-13H2,1-3H3. The van der Waals surface area contributed by atoms with Gasteiger partial charge in [-0.05, 0) is 26.5 Å². The van der Waals surface area contributed by atoms with Crippen LogP contribution in [0.25, 0.3) is 0 Å². The molecule has 22 heavy (non-hydrogen) atoms. The van der Waals surface area contributed by atoms with Gasteiger partial charge in [0.05, 0.1) is 6.54 Å². The van der Waals surface area contributed by atoms with Gasteiger partial charge in [0.1, 0.15) is 0 Å². The van der Waals surface area contributed by atoms with Gasteiger partial charge in [-0.2, -0.15) is 0 Å². The van der Waals surface area contributed by atoms with E-state index in [0.29, 0.717) is 31.1 Å². The average Bonchev–Trinajstić information content (AvgIpc) is 2.97. The van der Waals surface area contributed by atoms with Crippen LogP contribution in [0.15, 0.2) is 40.9 Å². The van der Waals surface area contributed by atoms with Crippen LogP contribution in [-0.2, 0) is 13.1 Å². The maximum Gasteiger partial charge on any atom is 0.276 e. The lowest BCUT2D eigenvalue weighted by Gasteiger charge is -2.16. The third-order valence-corrected chi connectivity index (χ3v) is 3.55. The smallest absolute Gasteiger partial charge is 0.276 e. The molecule has 0 saturated carbocycles. The van der Waals surface area contributed by atoms with E-state index in [-0.39, 0.29) is 5.91 Å². The molecule has 0 unspecified atom stereocenters. The molecule has 2 aromatic rings. The maximum atomic E-state index is 12.2. The van der Waals surface area contributed by atoms with Crippen molar-refractivity contribution in [3.63, 3.8) is 0 Å². The van der Waals surface area contributed by atoms with Gasteiger partial charge >= 0.3 is 0 Å². The van der Waals surface area contributed by atoms with Crippen LogP contribution in [0.3, 0.4) is 0 Å². The van der Waals surface area contributed by atoms with Crippen LogP contribution >= 0.6 is 0 Å². The van der Waals surface area contributed by atoms with E-state index in [1.54, 1.807) is 11.0 Å². The Morgan fingerprint density at radius 2 is 1.82 bits per heavy atom. The van der Waals surface area contributed by atoms with E-state index in [2.05, 4.69) is 22.2 Å². The van der Waals surface area contributed by atoms with E-state index in [4.69, 9.17) is 4.52 Å². The van der Waals surface area contributed by atoms with E-state index >= 15 is 0 Å². The molecule has 1 heterocycles. The van der Waals surface area contributed by atoms with Crippen LogP contribution in [0, 0.1) is 0 Å². The Labute approximate surface area is 131 Å². The lowest BCUT2D eigenvalue weighted by molar-refractivity contribution is 0.0762. The minimum atomic E-state index is -0.0780. The molecule has 0 spiro atoms. The fourth-order valence-electron chi connectivity index (χ4n) is 2.38. The van der Waals surface area contributed by atoms with Crippen molar-refractivity contribution in [2.24, 2.45) is 0 Å². The minimum Gasteiger partial charge on any atom is -0.359 e. The quantitative estimate of drug-likeness (QED) is 0.789. The van der Waals surface area contributed by atoms with Gasteiger partial charge in [0.2, 0.25) is 0 Å². The fraction of sp³-hybridized carbons (Fsp3) is 0.412. The number of aromatic nitrogens is 1. The third kappa shape index (κ3) is 4.18. The van der Waals surface area contributed by atoms with E-state index in [9.17, 15) is 4.79 Å². The zero-order chi connectivity index (χ0) is 15.9. The van der Waals surface area contributed by atoms with E-state index < -0.39 is 0 Å². The van der Waals surface area contributed by atoms with Crippen molar-refractivity contribution in [1.29, 1.82) is 0 Å². The summed E-state index contributed by atoms with van der Waals surface area (Å²) in [6.45, 7) is 6.69. The summed E-state index contributed by atoms with van der Waals surface area (Å²) in [4.78, 5) is 16.0. The molecular formula is C17H23N3O2. The normalized spacial score (nSPS) is 10.9.